The summed E-state index contributed by atoms with van der Waals surface area (Å²) in [5.41, 5.74) is -0.126. The van der Waals surface area contributed by atoms with E-state index in [0.29, 0.717) is 19.4 Å². The lowest BCUT2D eigenvalue weighted by Crippen LogP contribution is -2.67. The third-order valence-electron chi connectivity index (χ3n) is 16.3. The molecule has 0 unspecified atom stereocenters. The zero-order chi connectivity index (χ0) is 52.1. The van der Waals surface area contributed by atoms with Gasteiger partial charge in [-0.25, -0.2) is 8.42 Å². The van der Waals surface area contributed by atoms with Crippen LogP contribution in [0.3, 0.4) is 0 Å². The van der Waals surface area contributed by atoms with Crippen LogP contribution in [-0.4, -0.2) is 91.4 Å². The highest BCUT2D eigenvalue weighted by molar-refractivity contribution is 7.91. The van der Waals surface area contributed by atoms with E-state index in [4.69, 9.17) is 27.2 Å². The number of benzene rings is 3. The second kappa shape index (κ2) is 22.6. The fourth-order valence-corrected chi connectivity index (χ4v) is 21.8. The molecule has 0 bridgehead atoms. The molecule has 1 fully saturated rings. The minimum absolute atomic E-state index is 0.0105. The Balaban J connectivity index is 2.04. The van der Waals surface area contributed by atoms with E-state index in [1.165, 1.54) is 10.4 Å². The molecule has 0 amide bonds. The summed E-state index contributed by atoms with van der Waals surface area (Å²) in [6.45, 7) is 42.9. The molecule has 0 radical (unpaired) electrons. The van der Waals surface area contributed by atoms with Crippen LogP contribution in [0.2, 0.25) is 59.4 Å². The van der Waals surface area contributed by atoms with Crippen LogP contribution >= 0.6 is 0 Å². The number of hydrogen-bond acceptors (Lipinski definition) is 8. The van der Waals surface area contributed by atoms with Gasteiger partial charge in [-0.2, -0.15) is 0 Å². The molecule has 0 aliphatic carbocycles. The first-order valence-corrected chi connectivity index (χ1v) is 37.6. The molecular weight excluding hydrogens is 945 g/mol. The van der Waals surface area contributed by atoms with Gasteiger partial charge in [0.25, 0.3) is 8.32 Å². The quantitative estimate of drug-likeness (QED) is 0.0726. The summed E-state index contributed by atoms with van der Waals surface area (Å²) >= 11 is 0. The summed E-state index contributed by atoms with van der Waals surface area (Å²) in [7, 11) is -12.2. The Bertz CT molecular complexity index is 2160. The Morgan fingerprint density at radius 2 is 1.14 bits per heavy atom. The van der Waals surface area contributed by atoms with Gasteiger partial charge in [-0.15, -0.1) is 0 Å². The van der Waals surface area contributed by atoms with Crippen LogP contribution in [0.15, 0.2) is 108 Å². The third-order valence-corrected chi connectivity index (χ3v) is 37.1. The minimum atomic E-state index is -3.84. The predicted octanol–water partition coefficient (Wildman–Crippen LogP) is 13.7. The first-order valence-electron chi connectivity index (χ1n) is 25.7. The van der Waals surface area contributed by atoms with Gasteiger partial charge < -0.3 is 27.2 Å². The summed E-state index contributed by atoms with van der Waals surface area (Å²) < 4.78 is 73.9. The van der Waals surface area contributed by atoms with Crippen molar-refractivity contribution in [1.82, 2.24) is 0 Å². The van der Waals surface area contributed by atoms with Crippen molar-refractivity contribution in [3.63, 3.8) is 0 Å². The molecule has 388 valence electrons. The summed E-state index contributed by atoms with van der Waals surface area (Å²) in [4.78, 5) is 0.266. The number of hydrogen-bond donors (Lipinski definition) is 0. The first-order chi connectivity index (χ1) is 31.7. The van der Waals surface area contributed by atoms with Crippen LogP contribution in [0.25, 0.3) is 0 Å². The van der Waals surface area contributed by atoms with E-state index in [2.05, 4.69) is 183 Å². The molecule has 0 N–H and O–H groups in total. The molecule has 1 saturated heterocycles. The van der Waals surface area contributed by atoms with Gasteiger partial charge in [0.05, 0.1) is 35.6 Å². The maximum Gasteiger partial charge on any atom is 0.261 e. The Morgan fingerprint density at radius 3 is 1.57 bits per heavy atom. The molecule has 69 heavy (non-hydrogen) atoms. The summed E-state index contributed by atoms with van der Waals surface area (Å²) in [6, 6.07) is 32.9. The highest BCUT2D eigenvalue weighted by Crippen LogP contribution is 2.51. The average molecular weight is 1040 g/mol. The summed E-state index contributed by atoms with van der Waals surface area (Å²) in [5.74, 6) is -1.77. The van der Waals surface area contributed by atoms with Gasteiger partial charge in [0.2, 0.25) is 5.79 Å². The average Bonchev–Trinajstić information content (AvgIpc) is 3.26. The van der Waals surface area contributed by atoms with Gasteiger partial charge in [0.1, 0.15) is 6.10 Å². The highest BCUT2D eigenvalue weighted by atomic mass is 32.2. The molecule has 3 aromatic rings. The Hall–Kier alpha value is -2.02. The van der Waals surface area contributed by atoms with Crippen molar-refractivity contribution in [2.24, 2.45) is 5.41 Å². The predicted molar refractivity (Wildman–Crippen MR) is 300 cm³/mol. The zero-order valence-corrected chi connectivity index (χ0v) is 51.5. The van der Waals surface area contributed by atoms with E-state index < -0.39 is 66.5 Å². The Kier molecular flexibility index (Phi) is 19.5. The van der Waals surface area contributed by atoms with Crippen LogP contribution in [0.1, 0.15) is 117 Å². The molecule has 13 heteroatoms. The molecular formula is C56H94O8SSi4. The zero-order valence-electron chi connectivity index (χ0n) is 46.7. The van der Waals surface area contributed by atoms with Crippen molar-refractivity contribution < 1.29 is 35.6 Å². The molecule has 5 atom stereocenters. The molecule has 0 aromatic heterocycles. The molecule has 0 saturated carbocycles. The van der Waals surface area contributed by atoms with E-state index in [1.807, 2.05) is 19.9 Å². The molecule has 3 aromatic carbocycles. The topological polar surface area (TPSA) is 89.5 Å². The lowest BCUT2D eigenvalue weighted by Gasteiger charge is -2.56. The van der Waals surface area contributed by atoms with Crippen LogP contribution in [-0.2, 0) is 37.0 Å². The lowest BCUT2D eigenvalue weighted by molar-refractivity contribution is -0.339. The van der Waals surface area contributed by atoms with E-state index in [0.717, 1.165) is 23.7 Å². The van der Waals surface area contributed by atoms with E-state index in [9.17, 15) is 8.42 Å². The van der Waals surface area contributed by atoms with E-state index in [1.54, 1.807) is 31.4 Å². The van der Waals surface area contributed by atoms with E-state index in [-0.39, 0.29) is 38.0 Å². The summed E-state index contributed by atoms with van der Waals surface area (Å²) in [6.07, 6.45) is 1.53. The fraction of sp³-hybridized carbons (Fsp3) is 0.643. The maximum atomic E-state index is 14.6. The van der Waals surface area contributed by atoms with Crippen LogP contribution in [0, 0.1) is 5.41 Å². The van der Waals surface area contributed by atoms with Crippen molar-refractivity contribution in [3.8, 4) is 0 Å². The highest BCUT2D eigenvalue weighted by Gasteiger charge is 2.61. The number of ether oxygens (including phenoxy) is 2. The minimum Gasteiger partial charge on any atom is -0.412 e. The molecule has 4 rings (SSSR count). The smallest absolute Gasteiger partial charge is 0.261 e. The Labute approximate surface area is 425 Å². The SMILES string of the molecule is CC[Si](CC)(CC)O[C@H]1/C(=C/CO[Si](c2ccccc2)(c2ccccc2)C(C)(C)C)C[C@@H](C[C@@H](O[Si](C)(C)C(C)(C)C)[C@@H](C)O[Si](C)(C)C(C)(C)C)O[C@@]1(OC)C(C)(C)CS(=O)(=O)c1ccccc1. The van der Waals surface area contributed by atoms with Crippen LogP contribution in [0.4, 0.5) is 0 Å². The number of sulfone groups is 1. The largest absolute Gasteiger partial charge is 0.412 e. The molecule has 1 heterocycles. The number of methoxy groups -OCH3 is 1. The second-order valence-corrected chi connectivity index (χ2v) is 45.0. The summed E-state index contributed by atoms with van der Waals surface area (Å²) in [5, 5.41) is 2.10. The van der Waals surface area contributed by atoms with Crippen molar-refractivity contribution in [2.45, 2.75) is 211 Å². The lowest BCUT2D eigenvalue weighted by atomic mass is 9.75. The van der Waals surface area contributed by atoms with Crippen LogP contribution < -0.4 is 10.4 Å². The molecule has 8 nitrogen and oxygen atoms in total. The maximum absolute atomic E-state index is 14.6. The standard InChI is InChI=1S/C56H94O8SSi4/c1-21-68(22-2,23-3)64-51-45(39-40-60-69(54(11,12)13,48-35-29-25-30-36-48)49-37-31-26-32-38-49)41-46(61-56(51,59-16)55(14,15)43-65(57,58)47-33-27-24-28-34-47)42-50(63-67(19,20)53(8,9)10)44(4)62-66(17,18)52(5,6)7/h24-39,44,46,50-51H,21-23,40-43H2,1-20H3/b45-39+/t44-,46+,50-,51+,56-/m1/s1. The van der Waals surface area contributed by atoms with Gasteiger partial charge in [-0.1, -0.05) is 182 Å². The van der Waals surface area contributed by atoms with Gasteiger partial charge in [0, 0.05) is 18.9 Å². The van der Waals surface area contributed by atoms with Crippen LogP contribution in [0.5, 0.6) is 0 Å². The first kappa shape index (κ1) is 59.5. The molecule has 1 aliphatic rings. The Morgan fingerprint density at radius 1 is 0.696 bits per heavy atom. The van der Waals surface area contributed by atoms with Gasteiger partial charge in [-0.05, 0) is 101 Å². The molecule has 1 aliphatic heterocycles. The van der Waals surface area contributed by atoms with Crippen molar-refractivity contribution in [3.05, 3.63) is 103 Å². The fourth-order valence-electron chi connectivity index (χ4n) is 9.83. The monoisotopic (exact) mass is 1040 g/mol. The van der Waals surface area contributed by atoms with Crippen molar-refractivity contribution >= 4 is 53.5 Å². The molecule has 0 spiro atoms. The van der Waals surface area contributed by atoms with Gasteiger partial charge in [-0.3, -0.25) is 0 Å². The second-order valence-electron chi connectivity index (χ2n) is 24.5. The normalized spacial score (nSPS) is 21.1. The number of rotatable bonds is 22. The van der Waals surface area contributed by atoms with Crippen molar-refractivity contribution in [2.75, 3.05) is 19.5 Å². The van der Waals surface area contributed by atoms with Crippen molar-refractivity contribution in [1.29, 1.82) is 0 Å². The van der Waals surface area contributed by atoms with Gasteiger partial charge >= 0.3 is 0 Å². The van der Waals surface area contributed by atoms with Gasteiger partial charge in [0.15, 0.2) is 34.8 Å². The van der Waals surface area contributed by atoms with E-state index >= 15 is 0 Å². The third kappa shape index (κ3) is 13.2.